The molecule has 1 N–H and O–H groups in total. The predicted molar refractivity (Wildman–Crippen MR) is 138 cm³/mol. The number of alkyl halides is 4. The lowest BCUT2D eigenvalue weighted by Gasteiger charge is -2.24. The van der Waals surface area contributed by atoms with Gasteiger partial charge in [-0.1, -0.05) is 0 Å². The first-order valence-corrected chi connectivity index (χ1v) is 13.1. The topological polar surface area (TPSA) is 115 Å². The van der Waals surface area contributed by atoms with Crippen molar-refractivity contribution in [2.45, 2.75) is 18.1 Å². The van der Waals surface area contributed by atoms with Crippen molar-refractivity contribution in [3.05, 3.63) is 108 Å². The molecule has 218 valence electrons. The summed E-state index contributed by atoms with van der Waals surface area (Å²) in [5.74, 6) is -3.95. The molecule has 15 heteroatoms. The van der Waals surface area contributed by atoms with Crippen molar-refractivity contribution < 1.29 is 49.4 Å². The normalized spacial score (nSPS) is 11.3. The van der Waals surface area contributed by atoms with Gasteiger partial charge in [0, 0.05) is 29.7 Å². The maximum absolute atomic E-state index is 13.5. The van der Waals surface area contributed by atoms with Crippen LogP contribution in [0.3, 0.4) is 0 Å². The van der Waals surface area contributed by atoms with Crippen molar-refractivity contribution in [1.29, 1.82) is 0 Å². The van der Waals surface area contributed by atoms with Crippen molar-refractivity contribution in [2.75, 3.05) is 4.90 Å². The molecule has 0 bridgehead atoms. The van der Waals surface area contributed by atoms with Gasteiger partial charge in [0.15, 0.2) is 11.5 Å². The second-order valence-corrected chi connectivity index (χ2v) is 9.89. The zero-order valence-electron chi connectivity index (χ0n) is 21.0. The number of carbonyl (C=O) groups is 2. The lowest BCUT2D eigenvalue weighted by molar-refractivity contribution is -0.0691. The zero-order valence-corrected chi connectivity index (χ0v) is 21.8. The third-order valence-electron chi connectivity index (χ3n) is 5.47. The highest BCUT2D eigenvalue weighted by atomic mass is 32.2. The number of aromatic nitrogens is 1. The lowest BCUT2D eigenvalue weighted by atomic mass is 10.1. The summed E-state index contributed by atoms with van der Waals surface area (Å²) in [6, 6.07) is 14.4. The van der Waals surface area contributed by atoms with Crippen LogP contribution in [0.15, 0.2) is 96.2 Å². The molecule has 0 unspecified atom stereocenters. The number of nitrogens with zero attached hydrogens (tertiary/aromatic N) is 2. The molecule has 0 atom stereocenters. The van der Waals surface area contributed by atoms with E-state index in [-0.39, 0.29) is 27.4 Å². The Hall–Kier alpha value is -5.05. The fourth-order valence-electron chi connectivity index (χ4n) is 3.63. The second-order valence-electron chi connectivity index (χ2n) is 8.21. The SMILES string of the molecule is O=C(NS(=O)(=O)c1ccc(F)cc1)c1ccc(N(C(=O)c2cccnc2)c2ccc(OC(F)F)c(OC(F)F)c2)cc1. The van der Waals surface area contributed by atoms with E-state index in [1.54, 1.807) is 0 Å². The number of anilines is 2. The molecule has 3 aromatic carbocycles. The summed E-state index contributed by atoms with van der Waals surface area (Å²) in [6.07, 6.45) is 2.63. The maximum Gasteiger partial charge on any atom is 0.387 e. The van der Waals surface area contributed by atoms with Crippen LogP contribution in [0, 0.1) is 5.82 Å². The van der Waals surface area contributed by atoms with Crippen molar-refractivity contribution >= 4 is 33.2 Å². The van der Waals surface area contributed by atoms with Gasteiger partial charge in [-0.25, -0.2) is 17.5 Å². The van der Waals surface area contributed by atoms with Crippen LogP contribution in [0.5, 0.6) is 11.5 Å². The van der Waals surface area contributed by atoms with E-state index in [4.69, 9.17) is 0 Å². The van der Waals surface area contributed by atoms with Crippen LogP contribution in [0.1, 0.15) is 20.7 Å². The maximum atomic E-state index is 13.5. The molecular weight excluding hydrogens is 589 g/mol. The minimum absolute atomic E-state index is 0.0499. The summed E-state index contributed by atoms with van der Waals surface area (Å²) in [5.41, 5.74) is -0.154. The lowest BCUT2D eigenvalue weighted by Crippen LogP contribution is -2.30. The Morgan fingerprint density at radius 3 is 2.00 bits per heavy atom. The highest BCUT2D eigenvalue weighted by molar-refractivity contribution is 7.90. The van der Waals surface area contributed by atoms with E-state index >= 15 is 0 Å². The molecule has 0 aliphatic heterocycles. The van der Waals surface area contributed by atoms with Gasteiger partial charge in [-0.05, 0) is 72.8 Å². The third-order valence-corrected chi connectivity index (χ3v) is 6.81. The van der Waals surface area contributed by atoms with E-state index in [0.29, 0.717) is 0 Å². The number of hydrogen-bond acceptors (Lipinski definition) is 7. The summed E-state index contributed by atoms with van der Waals surface area (Å²) in [6.45, 7) is -6.76. The number of benzene rings is 3. The summed E-state index contributed by atoms with van der Waals surface area (Å²) in [5, 5.41) is 0. The molecule has 0 spiro atoms. The number of carbonyl (C=O) groups excluding carboxylic acids is 2. The molecule has 0 aliphatic carbocycles. The van der Waals surface area contributed by atoms with Crippen LogP contribution in [0.2, 0.25) is 0 Å². The van der Waals surface area contributed by atoms with Crippen LogP contribution >= 0.6 is 0 Å². The van der Waals surface area contributed by atoms with Gasteiger partial charge in [0.25, 0.3) is 21.8 Å². The molecule has 0 radical (unpaired) electrons. The van der Waals surface area contributed by atoms with E-state index in [0.717, 1.165) is 47.4 Å². The first-order valence-electron chi connectivity index (χ1n) is 11.7. The standard InChI is InChI=1S/C27H18F5N3O6S/c28-18-5-10-21(11-6-18)42(38,39)34-24(36)16-3-7-19(8-4-16)35(25(37)17-2-1-13-33-15-17)20-9-12-22(40-26(29)30)23(14-20)41-27(31)32/h1-15,26-27H,(H,34,36). The monoisotopic (exact) mass is 607 g/mol. The Morgan fingerprint density at radius 2 is 1.40 bits per heavy atom. The van der Waals surface area contributed by atoms with E-state index in [2.05, 4.69) is 14.5 Å². The predicted octanol–water partition coefficient (Wildman–Crippen LogP) is 5.52. The van der Waals surface area contributed by atoms with Gasteiger partial charge in [0.1, 0.15) is 5.82 Å². The summed E-state index contributed by atoms with van der Waals surface area (Å²) >= 11 is 0. The van der Waals surface area contributed by atoms with Crippen LogP contribution in [-0.2, 0) is 10.0 Å². The summed E-state index contributed by atoms with van der Waals surface area (Å²) in [4.78, 5) is 30.7. The highest BCUT2D eigenvalue weighted by Crippen LogP contribution is 2.37. The Labute approximate surface area is 235 Å². The van der Waals surface area contributed by atoms with Gasteiger partial charge < -0.3 is 9.47 Å². The minimum Gasteiger partial charge on any atom is -0.431 e. The first-order chi connectivity index (χ1) is 19.9. The number of ether oxygens (including phenoxy) is 2. The Morgan fingerprint density at radius 1 is 0.786 bits per heavy atom. The van der Waals surface area contributed by atoms with Gasteiger partial charge in [0.2, 0.25) is 0 Å². The molecule has 4 rings (SSSR count). The van der Waals surface area contributed by atoms with Crippen molar-refractivity contribution in [2.24, 2.45) is 0 Å². The smallest absolute Gasteiger partial charge is 0.387 e. The number of rotatable bonds is 10. The number of sulfonamides is 1. The first kappa shape index (κ1) is 29.9. The molecule has 1 aromatic heterocycles. The molecule has 0 fully saturated rings. The van der Waals surface area contributed by atoms with Gasteiger partial charge in [0.05, 0.1) is 16.1 Å². The van der Waals surface area contributed by atoms with Crippen molar-refractivity contribution in [1.82, 2.24) is 9.71 Å². The molecule has 4 aromatic rings. The number of hydrogen-bond donors (Lipinski definition) is 1. The fraction of sp³-hybridized carbons (Fsp3) is 0.0741. The molecule has 42 heavy (non-hydrogen) atoms. The molecule has 2 amide bonds. The number of amides is 2. The van der Waals surface area contributed by atoms with E-state index in [9.17, 15) is 40.0 Å². The van der Waals surface area contributed by atoms with Crippen LogP contribution in [0.4, 0.5) is 33.3 Å². The van der Waals surface area contributed by atoms with E-state index in [1.807, 2.05) is 4.72 Å². The molecule has 1 heterocycles. The van der Waals surface area contributed by atoms with Crippen molar-refractivity contribution in [3.8, 4) is 11.5 Å². The summed E-state index contributed by atoms with van der Waals surface area (Å²) in [7, 11) is -4.35. The Kier molecular flexibility index (Phi) is 9.00. The van der Waals surface area contributed by atoms with Crippen LogP contribution < -0.4 is 19.1 Å². The fourth-order valence-corrected chi connectivity index (χ4v) is 4.61. The second kappa shape index (κ2) is 12.6. The van der Waals surface area contributed by atoms with Gasteiger partial charge in [-0.15, -0.1) is 0 Å². The quantitative estimate of drug-likeness (QED) is 0.236. The average Bonchev–Trinajstić information content (AvgIpc) is 2.95. The highest BCUT2D eigenvalue weighted by Gasteiger charge is 2.25. The molecule has 0 saturated heterocycles. The van der Waals surface area contributed by atoms with Gasteiger partial charge in [-0.2, -0.15) is 17.6 Å². The summed E-state index contributed by atoms with van der Waals surface area (Å²) < 4.78 is 100. The molecule has 0 saturated carbocycles. The van der Waals surface area contributed by atoms with Gasteiger partial charge >= 0.3 is 13.2 Å². The van der Waals surface area contributed by atoms with Crippen LogP contribution in [-0.4, -0.2) is 38.4 Å². The number of nitrogens with one attached hydrogen (secondary N) is 1. The Balaban J connectivity index is 1.69. The van der Waals surface area contributed by atoms with E-state index < -0.39 is 52.4 Å². The zero-order chi connectivity index (χ0) is 30.4. The number of pyridine rings is 1. The average molecular weight is 608 g/mol. The molecule has 0 aliphatic rings. The number of halogens is 5. The Bertz CT molecular complexity index is 1670. The molecular formula is C27H18F5N3O6S. The molecule has 9 nitrogen and oxygen atoms in total. The van der Waals surface area contributed by atoms with Crippen molar-refractivity contribution in [3.63, 3.8) is 0 Å². The van der Waals surface area contributed by atoms with Gasteiger partial charge in [-0.3, -0.25) is 19.5 Å². The van der Waals surface area contributed by atoms with E-state index in [1.165, 1.54) is 48.8 Å². The van der Waals surface area contributed by atoms with Crippen LogP contribution in [0.25, 0.3) is 0 Å². The third kappa shape index (κ3) is 7.17. The minimum atomic E-state index is -4.35. The largest absolute Gasteiger partial charge is 0.431 e.